The van der Waals surface area contributed by atoms with Crippen LogP contribution in [0.25, 0.3) is 0 Å². The molecule has 1 aromatic heterocycles. The van der Waals surface area contributed by atoms with Gasteiger partial charge in [-0.3, -0.25) is 0 Å². The molecule has 0 fully saturated rings. The lowest BCUT2D eigenvalue weighted by Crippen LogP contribution is -1.93. The number of rotatable bonds is 2. The van der Waals surface area contributed by atoms with Crippen molar-refractivity contribution in [2.24, 2.45) is 0 Å². The molecule has 1 rings (SSSR count). The summed E-state index contributed by atoms with van der Waals surface area (Å²) in [5.41, 5.74) is 1.52. The van der Waals surface area contributed by atoms with E-state index in [1.165, 1.54) is 0 Å². The van der Waals surface area contributed by atoms with Crippen molar-refractivity contribution >= 4 is 0 Å². The average molecular weight is 147 g/mol. The molecule has 0 aliphatic heterocycles. The molecule has 0 saturated heterocycles. The van der Waals surface area contributed by atoms with E-state index in [1.807, 2.05) is 12.1 Å². The summed E-state index contributed by atoms with van der Waals surface area (Å²) in [6.07, 6.45) is 5.16. The van der Waals surface area contributed by atoms with Gasteiger partial charge in [-0.1, -0.05) is 12.0 Å². The Hall–Kier alpha value is -1.33. The fraction of sp³-hybridized carbons (Fsp3) is 0.222. The van der Waals surface area contributed by atoms with E-state index in [-0.39, 0.29) is 0 Å². The smallest absolute Gasteiger partial charge is 0.113 e. The molecule has 0 N–H and O–H groups in total. The van der Waals surface area contributed by atoms with Crippen LogP contribution in [0.5, 0.6) is 0 Å². The summed E-state index contributed by atoms with van der Waals surface area (Å²) in [4.78, 5) is 4.12. The van der Waals surface area contributed by atoms with Gasteiger partial charge in [0.15, 0.2) is 0 Å². The fourth-order valence-electron chi connectivity index (χ4n) is 0.788. The highest BCUT2D eigenvalue weighted by atomic mass is 16.5. The average Bonchev–Trinajstić information content (AvgIpc) is 2.06. The van der Waals surface area contributed by atoms with Crippen molar-refractivity contribution in [1.82, 2.24) is 4.98 Å². The number of pyridine rings is 1. The summed E-state index contributed by atoms with van der Waals surface area (Å²) in [6.45, 7) is 0.509. The summed E-state index contributed by atoms with van der Waals surface area (Å²) in [7, 11) is 1.63. The number of aromatic nitrogens is 1. The van der Waals surface area contributed by atoms with Crippen molar-refractivity contribution in [2.45, 2.75) is 6.61 Å². The van der Waals surface area contributed by atoms with Crippen LogP contribution in [0.3, 0.4) is 0 Å². The fourth-order valence-corrected chi connectivity index (χ4v) is 0.788. The van der Waals surface area contributed by atoms with E-state index in [0.717, 1.165) is 5.69 Å². The van der Waals surface area contributed by atoms with Crippen molar-refractivity contribution < 1.29 is 4.74 Å². The third-order valence-electron chi connectivity index (χ3n) is 1.25. The van der Waals surface area contributed by atoms with E-state index in [2.05, 4.69) is 10.9 Å². The summed E-state index contributed by atoms with van der Waals surface area (Å²) in [5, 5.41) is 0. The summed E-state index contributed by atoms with van der Waals surface area (Å²) in [5.74, 6) is 2.46. The topological polar surface area (TPSA) is 22.1 Å². The van der Waals surface area contributed by atoms with Gasteiger partial charge in [-0.2, -0.15) is 0 Å². The number of hydrogen-bond acceptors (Lipinski definition) is 2. The molecule has 0 atom stereocenters. The van der Waals surface area contributed by atoms with Crippen molar-refractivity contribution in [3.63, 3.8) is 0 Å². The Morgan fingerprint density at radius 3 is 3.09 bits per heavy atom. The quantitative estimate of drug-likeness (QED) is 0.586. The first kappa shape index (κ1) is 7.77. The molecule has 2 nitrogen and oxygen atoms in total. The van der Waals surface area contributed by atoms with Gasteiger partial charge in [-0.05, 0) is 12.1 Å². The number of nitrogens with zero attached hydrogens (tertiary/aromatic N) is 1. The lowest BCUT2D eigenvalue weighted by Gasteiger charge is -1.97. The van der Waals surface area contributed by atoms with Crippen LogP contribution in [0.4, 0.5) is 0 Å². The first-order valence-electron chi connectivity index (χ1n) is 3.28. The van der Waals surface area contributed by atoms with Gasteiger partial charge in [0, 0.05) is 7.11 Å². The largest absolute Gasteiger partial charge is 0.378 e. The van der Waals surface area contributed by atoms with Crippen LogP contribution in [0, 0.1) is 12.3 Å². The minimum atomic E-state index is 0.509. The number of ether oxygens (including phenoxy) is 1. The Bertz CT molecular complexity index is 275. The van der Waals surface area contributed by atoms with Crippen LogP contribution < -0.4 is 0 Å². The van der Waals surface area contributed by atoms with Crippen LogP contribution in [-0.2, 0) is 11.3 Å². The number of terminal acetylenes is 1. The summed E-state index contributed by atoms with van der Waals surface area (Å²) in [6, 6.07) is 5.54. The Balaban J connectivity index is 2.85. The summed E-state index contributed by atoms with van der Waals surface area (Å²) < 4.78 is 4.90. The summed E-state index contributed by atoms with van der Waals surface area (Å²) >= 11 is 0. The van der Waals surface area contributed by atoms with E-state index in [9.17, 15) is 0 Å². The van der Waals surface area contributed by atoms with Gasteiger partial charge in [0.1, 0.15) is 5.69 Å². The first-order valence-corrected chi connectivity index (χ1v) is 3.28. The van der Waals surface area contributed by atoms with Gasteiger partial charge in [-0.15, -0.1) is 6.42 Å². The molecule has 11 heavy (non-hydrogen) atoms. The van der Waals surface area contributed by atoms with E-state index < -0.39 is 0 Å². The third kappa shape index (κ3) is 2.06. The molecule has 1 heterocycles. The normalized spacial score (nSPS) is 9.09. The molecule has 0 aromatic carbocycles. The van der Waals surface area contributed by atoms with Crippen LogP contribution in [0.2, 0.25) is 0 Å². The zero-order valence-electron chi connectivity index (χ0n) is 6.37. The Morgan fingerprint density at radius 1 is 1.64 bits per heavy atom. The maximum absolute atomic E-state index is 5.16. The predicted molar refractivity (Wildman–Crippen MR) is 42.9 cm³/mol. The predicted octanol–water partition coefficient (Wildman–Crippen LogP) is 1.21. The standard InChI is InChI=1S/C9H9NO/c1-3-8-5-4-6-9(10-8)7-11-2/h1,4-6H,7H2,2H3. The molecule has 0 bridgehead atoms. The number of methoxy groups -OCH3 is 1. The van der Waals surface area contributed by atoms with E-state index in [4.69, 9.17) is 11.2 Å². The van der Waals surface area contributed by atoms with Gasteiger partial charge >= 0.3 is 0 Å². The number of hydrogen-bond donors (Lipinski definition) is 0. The Morgan fingerprint density at radius 2 is 2.45 bits per heavy atom. The molecule has 1 aromatic rings. The zero-order valence-corrected chi connectivity index (χ0v) is 6.37. The van der Waals surface area contributed by atoms with Crippen molar-refractivity contribution in [3.05, 3.63) is 29.6 Å². The minimum absolute atomic E-state index is 0.509. The van der Waals surface area contributed by atoms with Crippen LogP contribution in [0.15, 0.2) is 18.2 Å². The minimum Gasteiger partial charge on any atom is -0.378 e. The van der Waals surface area contributed by atoms with Gasteiger partial charge < -0.3 is 4.74 Å². The maximum atomic E-state index is 5.16. The molecule has 0 saturated carbocycles. The van der Waals surface area contributed by atoms with Crippen LogP contribution >= 0.6 is 0 Å². The zero-order chi connectivity index (χ0) is 8.10. The molecule has 2 heteroatoms. The molecule has 0 amide bonds. The molecule has 0 aliphatic carbocycles. The lowest BCUT2D eigenvalue weighted by molar-refractivity contribution is 0.181. The van der Waals surface area contributed by atoms with E-state index in [0.29, 0.717) is 12.3 Å². The monoisotopic (exact) mass is 147 g/mol. The highest BCUT2D eigenvalue weighted by molar-refractivity contribution is 5.25. The molecular formula is C9H9NO. The second-order valence-corrected chi connectivity index (χ2v) is 2.09. The highest BCUT2D eigenvalue weighted by Crippen LogP contribution is 1.98. The highest BCUT2D eigenvalue weighted by Gasteiger charge is 1.92. The lowest BCUT2D eigenvalue weighted by atomic mass is 10.3. The third-order valence-corrected chi connectivity index (χ3v) is 1.25. The second-order valence-electron chi connectivity index (χ2n) is 2.09. The van der Waals surface area contributed by atoms with Crippen molar-refractivity contribution in [1.29, 1.82) is 0 Å². The first-order chi connectivity index (χ1) is 5.36. The van der Waals surface area contributed by atoms with Crippen molar-refractivity contribution in [2.75, 3.05) is 7.11 Å². The molecule has 0 spiro atoms. The van der Waals surface area contributed by atoms with Crippen LogP contribution in [0.1, 0.15) is 11.4 Å². The molecular weight excluding hydrogens is 138 g/mol. The van der Waals surface area contributed by atoms with E-state index >= 15 is 0 Å². The molecule has 0 radical (unpaired) electrons. The molecule has 0 unspecified atom stereocenters. The van der Waals surface area contributed by atoms with E-state index in [1.54, 1.807) is 13.2 Å². The van der Waals surface area contributed by atoms with Crippen LogP contribution in [-0.4, -0.2) is 12.1 Å². The van der Waals surface area contributed by atoms with Gasteiger partial charge in [0.2, 0.25) is 0 Å². The van der Waals surface area contributed by atoms with Gasteiger partial charge in [-0.25, -0.2) is 4.98 Å². The maximum Gasteiger partial charge on any atom is 0.113 e. The SMILES string of the molecule is C#Cc1cccc(COC)n1. The molecule has 56 valence electrons. The Labute approximate surface area is 66.2 Å². The van der Waals surface area contributed by atoms with Gasteiger partial charge in [0.25, 0.3) is 0 Å². The Kier molecular flexibility index (Phi) is 2.65. The van der Waals surface area contributed by atoms with Crippen molar-refractivity contribution in [3.8, 4) is 12.3 Å². The second kappa shape index (κ2) is 3.75. The molecule has 0 aliphatic rings. The van der Waals surface area contributed by atoms with Gasteiger partial charge in [0.05, 0.1) is 12.3 Å².